The number of carbonyl (C=O) groups is 1. The Morgan fingerprint density at radius 2 is 2.17 bits per heavy atom. The Morgan fingerprint density at radius 1 is 1.44 bits per heavy atom. The maximum Gasteiger partial charge on any atom is 0.223 e. The average molecular weight is 274 g/mol. The fraction of sp³-hybridized carbons (Fsp3) is 0.769. The summed E-state index contributed by atoms with van der Waals surface area (Å²) in [4.78, 5) is 14.1. The predicted octanol–water partition coefficient (Wildman–Crippen LogP) is 1.92. The Morgan fingerprint density at radius 3 is 2.83 bits per heavy atom. The van der Waals surface area contributed by atoms with Crippen LogP contribution >= 0.6 is 11.6 Å². The van der Waals surface area contributed by atoms with Gasteiger partial charge in [-0.2, -0.15) is 0 Å². The number of carbonyl (C=O) groups excluding carboxylic acids is 1. The van der Waals surface area contributed by atoms with Gasteiger partial charge in [0, 0.05) is 18.0 Å². The lowest BCUT2D eigenvalue weighted by molar-refractivity contribution is -0.168. The van der Waals surface area contributed by atoms with Crippen molar-refractivity contribution in [1.82, 2.24) is 4.90 Å². The van der Waals surface area contributed by atoms with Crippen molar-refractivity contribution in [2.45, 2.75) is 44.4 Å². The highest BCUT2D eigenvalue weighted by Crippen LogP contribution is 2.30. The molecule has 4 nitrogen and oxygen atoms in total. The lowest BCUT2D eigenvalue weighted by Gasteiger charge is -2.45. The molecule has 0 aromatic rings. The first-order valence-electron chi connectivity index (χ1n) is 6.27. The highest BCUT2D eigenvalue weighted by atomic mass is 35.5. The van der Waals surface area contributed by atoms with E-state index in [1.807, 2.05) is 18.7 Å². The van der Waals surface area contributed by atoms with Crippen LogP contribution in [0.15, 0.2) is 11.6 Å². The molecule has 2 heterocycles. The second kappa shape index (κ2) is 5.19. The summed E-state index contributed by atoms with van der Waals surface area (Å²) < 4.78 is 11.4. The normalized spacial score (nSPS) is 30.1. The largest absolute Gasteiger partial charge is 0.376 e. The summed E-state index contributed by atoms with van der Waals surface area (Å²) in [5, 5.41) is 0.523. The van der Waals surface area contributed by atoms with Gasteiger partial charge in [0.15, 0.2) is 0 Å². The highest BCUT2D eigenvalue weighted by Gasteiger charge is 2.45. The summed E-state index contributed by atoms with van der Waals surface area (Å²) in [5.74, 6) is 0.105. The van der Waals surface area contributed by atoms with Crippen molar-refractivity contribution in [2.24, 2.45) is 0 Å². The molecule has 102 valence electrons. The molecule has 18 heavy (non-hydrogen) atoms. The zero-order valence-corrected chi connectivity index (χ0v) is 11.7. The number of fused-ring (bicyclic) bond motifs is 1. The third-order valence-electron chi connectivity index (χ3n) is 3.35. The smallest absolute Gasteiger partial charge is 0.223 e. The van der Waals surface area contributed by atoms with E-state index in [-0.39, 0.29) is 23.7 Å². The summed E-state index contributed by atoms with van der Waals surface area (Å²) in [6, 6.07) is 0.0501. The van der Waals surface area contributed by atoms with E-state index in [1.165, 1.54) is 0 Å². The molecule has 0 bridgehead atoms. The van der Waals surface area contributed by atoms with Crippen molar-refractivity contribution in [3.8, 4) is 0 Å². The first-order valence-corrected chi connectivity index (χ1v) is 6.65. The predicted molar refractivity (Wildman–Crippen MR) is 69.5 cm³/mol. The Kier molecular flexibility index (Phi) is 3.99. The van der Waals surface area contributed by atoms with Crippen molar-refractivity contribution < 1.29 is 14.3 Å². The van der Waals surface area contributed by atoms with Crippen LogP contribution in [0, 0.1) is 0 Å². The minimum Gasteiger partial charge on any atom is -0.376 e. The van der Waals surface area contributed by atoms with Crippen molar-refractivity contribution in [3.63, 3.8) is 0 Å². The van der Waals surface area contributed by atoms with E-state index >= 15 is 0 Å². The molecule has 0 saturated carbocycles. The summed E-state index contributed by atoms with van der Waals surface area (Å²) >= 11 is 5.71. The number of morpholine rings is 1. The molecule has 0 aromatic heterocycles. The molecular formula is C13H20ClNO3. The van der Waals surface area contributed by atoms with Crippen LogP contribution in [0.4, 0.5) is 0 Å². The minimum atomic E-state index is -0.317. The Hall–Kier alpha value is -0.580. The number of nitrogens with zero attached hydrogens (tertiary/aromatic N) is 1. The fourth-order valence-electron chi connectivity index (χ4n) is 2.56. The number of hydrogen-bond donors (Lipinski definition) is 0. The number of allylic oxidation sites excluding steroid dienone is 1. The van der Waals surface area contributed by atoms with Crippen molar-refractivity contribution >= 4 is 17.5 Å². The molecule has 0 spiro atoms. The summed E-state index contributed by atoms with van der Waals surface area (Å²) in [6.45, 7) is 9.35. The molecule has 0 aliphatic carbocycles. The van der Waals surface area contributed by atoms with Gasteiger partial charge in [0.05, 0.1) is 24.9 Å². The average Bonchev–Trinajstić information content (AvgIpc) is 2.70. The van der Waals surface area contributed by atoms with Crippen molar-refractivity contribution in [2.75, 3.05) is 19.8 Å². The van der Waals surface area contributed by atoms with Crippen molar-refractivity contribution in [1.29, 1.82) is 0 Å². The Bertz CT molecular complexity index is 356. The second-order valence-electron chi connectivity index (χ2n) is 5.56. The SMILES string of the molecule is C=C(Cl)CCC(=O)N1CC(C)(C)O[C@@H]2COC[C@H]21. The van der Waals surface area contributed by atoms with E-state index in [4.69, 9.17) is 21.1 Å². The zero-order valence-electron chi connectivity index (χ0n) is 10.9. The van der Waals surface area contributed by atoms with Gasteiger partial charge in [-0.05, 0) is 20.3 Å². The molecule has 2 aliphatic rings. The lowest BCUT2D eigenvalue weighted by atomic mass is 10.00. The maximum absolute atomic E-state index is 12.2. The summed E-state index contributed by atoms with van der Waals surface area (Å²) in [7, 11) is 0. The van der Waals surface area contributed by atoms with E-state index in [0.29, 0.717) is 37.6 Å². The second-order valence-corrected chi connectivity index (χ2v) is 6.09. The molecule has 2 fully saturated rings. The van der Waals surface area contributed by atoms with E-state index < -0.39 is 0 Å². The van der Waals surface area contributed by atoms with Crippen LogP contribution < -0.4 is 0 Å². The van der Waals surface area contributed by atoms with Crippen LogP contribution in [0.25, 0.3) is 0 Å². The van der Waals surface area contributed by atoms with Gasteiger partial charge in [-0.25, -0.2) is 0 Å². The van der Waals surface area contributed by atoms with E-state index in [0.717, 1.165) is 0 Å². The van der Waals surface area contributed by atoms with Crippen LogP contribution in [0.2, 0.25) is 0 Å². The van der Waals surface area contributed by atoms with Gasteiger partial charge in [-0.15, -0.1) is 0 Å². The van der Waals surface area contributed by atoms with Gasteiger partial charge in [-0.3, -0.25) is 4.79 Å². The number of rotatable bonds is 3. The van der Waals surface area contributed by atoms with Crippen LogP contribution in [0.3, 0.4) is 0 Å². The minimum absolute atomic E-state index is 0.00287. The third-order valence-corrected chi connectivity index (χ3v) is 3.54. The third kappa shape index (κ3) is 3.05. The van der Waals surface area contributed by atoms with Gasteiger partial charge in [0.2, 0.25) is 5.91 Å². The molecule has 0 unspecified atom stereocenters. The molecule has 5 heteroatoms. The van der Waals surface area contributed by atoms with Gasteiger partial charge in [0.25, 0.3) is 0 Å². The summed E-state index contributed by atoms with van der Waals surface area (Å²) in [6.07, 6.45) is 0.926. The van der Waals surface area contributed by atoms with E-state index in [2.05, 4.69) is 6.58 Å². The number of hydrogen-bond acceptors (Lipinski definition) is 3. The number of amides is 1. The fourth-order valence-corrected chi connectivity index (χ4v) is 2.65. The molecule has 2 rings (SSSR count). The Balaban J connectivity index is 2.04. The molecule has 2 saturated heterocycles. The number of ether oxygens (including phenoxy) is 2. The molecule has 0 N–H and O–H groups in total. The van der Waals surface area contributed by atoms with Crippen LogP contribution in [0.5, 0.6) is 0 Å². The molecule has 0 radical (unpaired) electrons. The molecule has 2 atom stereocenters. The topological polar surface area (TPSA) is 38.8 Å². The zero-order chi connectivity index (χ0) is 13.3. The van der Waals surface area contributed by atoms with Crippen LogP contribution in [-0.2, 0) is 14.3 Å². The molecular weight excluding hydrogens is 254 g/mol. The van der Waals surface area contributed by atoms with E-state index in [1.54, 1.807) is 0 Å². The van der Waals surface area contributed by atoms with Crippen molar-refractivity contribution in [3.05, 3.63) is 11.6 Å². The van der Waals surface area contributed by atoms with Crippen LogP contribution in [-0.4, -0.2) is 48.3 Å². The lowest BCUT2D eigenvalue weighted by Crippen LogP contribution is -2.60. The first kappa shape index (κ1) is 13.8. The van der Waals surface area contributed by atoms with Gasteiger partial charge >= 0.3 is 0 Å². The molecule has 2 aliphatic heterocycles. The molecule has 0 aromatic carbocycles. The van der Waals surface area contributed by atoms with E-state index in [9.17, 15) is 4.79 Å². The maximum atomic E-state index is 12.2. The Labute approximate surface area is 113 Å². The first-order chi connectivity index (χ1) is 8.39. The highest BCUT2D eigenvalue weighted by molar-refractivity contribution is 6.29. The van der Waals surface area contributed by atoms with Gasteiger partial charge in [0.1, 0.15) is 6.10 Å². The monoisotopic (exact) mass is 273 g/mol. The number of halogens is 1. The van der Waals surface area contributed by atoms with Gasteiger partial charge < -0.3 is 14.4 Å². The molecule has 1 amide bonds. The van der Waals surface area contributed by atoms with Gasteiger partial charge in [-0.1, -0.05) is 18.2 Å². The summed E-state index contributed by atoms with van der Waals surface area (Å²) in [5.41, 5.74) is -0.317. The van der Waals surface area contributed by atoms with Crippen LogP contribution in [0.1, 0.15) is 26.7 Å². The quantitative estimate of drug-likeness (QED) is 0.789. The standard InChI is InChI=1S/C13H20ClNO3/c1-9(14)4-5-12(16)15-8-13(2,3)18-11-7-17-6-10(11)15/h10-11H,1,4-8H2,2-3H3/t10-,11-/m1/s1.